The molecule has 0 saturated heterocycles. The van der Waals surface area contributed by atoms with Crippen molar-refractivity contribution in [2.45, 2.75) is 26.1 Å². The van der Waals surface area contributed by atoms with Crippen molar-refractivity contribution >= 4 is 5.97 Å². The zero-order chi connectivity index (χ0) is 15.3. The van der Waals surface area contributed by atoms with Crippen LogP contribution in [0.4, 0.5) is 13.2 Å². The van der Waals surface area contributed by atoms with Gasteiger partial charge in [-0.3, -0.25) is 9.69 Å². The van der Waals surface area contributed by atoms with Gasteiger partial charge < -0.3 is 5.11 Å². The van der Waals surface area contributed by atoms with Crippen molar-refractivity contribution in [1.29, 1.82) is 0 Å². The Balaban J connectivity index is 3.08. The highest BCUT2D eigenvalue weighted by Gasteiger charge is 2.36. The fraction of sp³-hybridized carbons (Fsp3) is 0.500. The van der Waals surface area contributed by atoms with Gasteiger partial charge in [-0.2, -0.15) is 13.2 Å². The van der Waals surface area contributed by atoms with E-state index in [9.17, 15) is 18.0 Å². The molecule has 20 heavy (non-hydrogen) atoms. The van der Waals surface area contributed by atoms with E-state index in [4.69, 9.17) is 5.11 Å². The first-order chi connectivity index (χ1) is 9.20. The second-order valence-corrected chi connectivity index (χ2v) is 5.01. The molecule has 0 fully saturated rings. The van der Waals surface area contributed by atoms with Crippen molar-refractivity contribution < 1.29 is 23.1 Å². The van der Waals surface area contributed by atoms with Crippen LogP contribution in [0.5, 0.6) is 0 Å². The summed E-state index contributed by atoms with van der Waals surface area (Å²) in [6.07, 6.45) is -4.43. The van der Waals surface area contributed by atoms with E-state index in [2.05, 4.69) is 0 Å². The van der Waals surface area contributed by atoms with Crippen molar-refractivity contribution in [3.05, 3.63) is 35.9 Å². The molecular formula is C14H18F3NO2. The molecule has 1 aromatic rings. The summed E-state index contributed by atoms with van der Waals surface area (Å²) in [5, 5.41) is 8.85. The molecule has 1 aromatic carbocycles. The third-order valence-corrected chi connectivity index (χ3v) is 2.89. The predicted molar refractivity (Wildman–Crippen MR) is 69.3 cm³/mol. The van der Waals surface area contributed by atoms with Gasteiger partial charge in [-0.25, -0.2) is 0 Å². The van der Waals surface area contributed by atoms with Crippen molar-refractivity contribution in [2.24, 2.45) is 5.92 Å². The molecule has 0 aromatic heterocycles. The fourth-order valence-electron chi connectivity index (χ4n) is 2.32. The summed E-state index contributed by atoms with van der Waals surface area (Å²) in [5.74, 6) is -1.41. The highest BCUT2D eigenvalue weighted by molar-refractivity contribution is 5.69. The van der Waals surface area contributed by atoms with E-state index in [-0.39, 0.29) is 5.92 Å². The number of halogens is 3. The standard InChI is InChI=1S/C14H18F3NO2/c1-10(2)13(11-6-4-3-5-7-11)18(8-12(19)20)9-14(15,16)17/h3-7,10,13H,8-9H2,1-2H3,(H,19,20). The molecule has 0 radical (unpaired) electrons. The monoisotopic (exact) mass is 289 g/mol. The van der Waals surface area contributed by atoms with Gasteiger partial charge in [0.1, 0.15) is 0 Å². The largest absolute Gasteiger partial charge is 0.480 e. The Labute approximate surface area is 116 Å². The average Bonchev–Trinajstić information content (AvgIpc) is 2.26. The van der Waals surface area contributed by atoms with E-state index >= 15 is 0 Å². The minimum absolute atomic E-state index is 0.140. The van der Waals surface area contributed by atoms with Crippen LogP contribution in [0.1, 0.15) is 25.5 Å². The Hall–Kier alpha value is -1.56. The highest BCUT2D eigenvalue weighted by Crippen LogP contribution is 2.31. The van der Waals surface area contributed by atoms with Crippen LogP contribution in [-0.2, 0) is 4.79 Å². The molecule has 0 aliphatic heterocycles. The van der Waals surface area contributed by atoms with Gasteiger partial charge in [0.15, 0.2) is 0 Å². The predicted octanol–water partition coefficient (Wildman–Crippen LogP) is 3.33. The van der Waals surface area contributed by atoms with Crippen LogP contribution in [0.15, 0.2) is 30.3 Å². The van der Waals surface area contributed by atoms with Crippen LogP contribution in [0.2, 0.25) is 0 Å². The van der Waals surface area contributed by atoms with Crippen LogP contribution < -0.4 is 0 Å². The van der Waals surface area contributed by atoms with Gasteiger partial charge in [-0.1, -0.05) is 44.2 Å². The summed E-state index contributed by atoms with van der Waals surface area (Å²) in [6.45, 7) is 1.68. The van der Waals surface area contributed by atoms with E-state index in [1.165, 1.54) is 0 Å². The van der Waals surface area contributed by atoms with Crippen LogP contribution in [0, 0.1) is 5.92 Å². The van der Waals surface area contributed by atoms with E-state index < -0.39 is 31.3 Å². The van der Waals surface area contributed by atoms with Crippen molar-refractivity contribution in [3.8, 4) is 0 Å². The quantitative estimate of drug-likeness (QED) is 0.873. The van der Waals surface area contributed by atoms with Gasteiger partial charge in [0.25, 0.3) is 0 Å². The normalized spacial score (nSPS) is 13.8. The Morgan fingerprint density at radius 1 is 1.25 bits per heavy atom. The Morgan fingerprint density at radius 2 is 1.80 bits per heavy atom. The first-order valence-electron chi connectivity index (χ1n) is 6.28. The molecule has 0 saturated carbocycles. The van der Waals surface area contributed by atoms with E-state index in [0.717, 1.165) is 4.90 Å². The third kappa shape index (κ3) is 5.21. The lowest BCUT2D eigenvalue weighted by molar-refractivity contribution is -0.160. The van der Waals surface area contributed by atoms with Gasteiger partial charge >= 0.3 is 12.1 Å². The molecule has 1 atom stereocenters. The average molecular weight is 289 g/mol. The number of hydrogen-bond donors (Lipinski definition) is 1. The van der Waals surface area contributed by atoms with Crippen molar-refractivity contribution in [3.63, 3.8) is 0 Å². The summed E-state index contributed by atoms with van der Waals surface area (Å²) in [7, 11) is 0. The lowest BCUT2D eigenvalue weighted by Gasteiger charge is -2.34. The second-order valence-electron chi connectivity index (χ2n) is 5.01. The smallest absolute Gasteiger partial charge is 0.401 e. The molecule has 1 N–H and O–H groups in total. The number of alkyl halides is 3. The molecule has 0 bridgehead atoms. The minimum Gasteiger partial charge on any atom is -0.480 e. The van der Waals surface area contributed by atoms with Crippen LogP contribution >= 0.6 is 0 Å². The molecule has 0 amide bonds. The molecule has 1 rings (SSSR count). The van der Waals surface area contributed by atoms with Crippen LogP contribution in [0.25, 0.3) is 0 Å². The second kappa shape index (κ2) is 6.74. The molecule has 0 spiro atoms. The number of carboxylic acid groups (broad SMARTS) is 1. The lowest BCUT2D eigenvalue weighted by atomic mass is 9.94. The highest BCUT2D eigenvalue weighted by atomic mass is 19.4. The lowest BCUT2D eigenvalue weighted by Crippen LogP contribution is -2.42. The number of benzene rings is 1. The van der Waals surface area contributed by atoms with E-state index in [1.807, 2.05) is 0 Å². The number of carboxylic acids is 1. The molecular weight excluding hydrogens is 271 g/mol. The van der Waals surface area contributed by atoms with Crippen molar-refractivity contribution in [1.82, 2.24) is 4.90 Å². The number of carbonyl (C=O) groups is 1. The number of rotatable bonds is 6. The summed E-state index contributed by atoms with van der Waals surface area (Å²) < 4.78 is 38.0. The molecule has 3 nitrogen and oxygen atoms in total. The Bertz CT molecular complexity index is 432. The first-order valence-corrected chi connectivity index (χ1v) is 6.28. The van der Waals surface area contributed by atoms with Gasteiger partial charge in [0.2, 0.25) is 0 Å². The molecule has 6 heteroatoms. The third-order valence-electron chi connectivity index (χ3n) is 2.89. The van der Waals surface area contributed by atoms with Crippen LogP contribution in [-0.4, -0.2) is 35.2 Å². The molecule has 0 aliphatic rings. The number of hydrogen-bond acceptors (Lipinski definition) is 2. The maximum Gasteiger partial charge on any atom is 0.401 e. The topological polar surface area (TPSA) is 40.5 Å². The Kier molecular flexibility index (Phi) is 5.56. The zero-order valence-electron chi connectivity index (χ0n) is 11.4. The maximum absolute atomic E-state index is 12.7. The first kappa shape index (κ1) is 16.5. The molecule has 1 unspecified atom stereocenters. The van der Waals surface area contributed by atoms with E-state index in [1.54, 1.807) is 44.2 Å². The number of nitrogens with zero attached hydrogens (tertiary/aromatic N) is 1. The van der Waals surface area contributed by atoms with Crippen molar-refractivity contribution in [2.75, 3.05) is 13.1 Å². The van der Waals surface area contributed by atoms with Gasteiger partial charge in [-0.15, -0.1) is 0 Å². The van der Waals surface area contributed by atoms with Gasteiger partial charge in [0.05, 0.1) is 13.1 Å². The summed E-state index contributed by atoms with van der Waals surface area (Å²) >= 11 is 0. The number of aliphatic carboxylic acids is 1. The Morgan fingerprint density at radius 3 is 2.20 bits per heavy atom. The van der Waals surface area contributed by atoms with E-state index in [0.29, 0.717) is 5.56 Å². The van der Waals surface area contributed by atoms with Gasteiger partial charge in [0, 0.05) is 6.04 Å². The SMILES string of the molecule is CC(C)C(c1ccccc1)N(CC(=O)O)CC(F)(F)F. The van der Waals surface area contributed by atoms with Gasteiger partial charge in [-0.05, 0) is 11.5 Å². The molecule has 112 valence electrons. The molecule has 0 aliphatic carbocycles. The zero-order valence-corrected chi connectivity index (χ0v) is 11.4. The molecule has 0 heterocycles. The summed E-state index contributed by atoms with van der Waals surface area (Å²) in [6, 6.07) is 8.08. The summed E-state index contributed by atoms with van der Waals surface area (Å²) in [5.41, 5.74) is 0.688. The minimum atomic E-state index is -4.43. The maximum atomic E-state index is 12.7. The fourth-order valence-corrected chi connectivity index (χ4v) is 2.32. The summed E-state index contributed by atoms with van der Waals surface area (Å²) in [4.78, 5) is 11.8. The van der Waals surface area contributed by atoms with Crippen LogP contribution in [0.3, 0.4) is 0 Å².